The van der Waals surface area contributed by atoms with E-state index in [0.717, 1.165) is 0 Å². The van der Waals surface area contributed by atoms with Crippen LogP contribution in [0.1, 0.15) is 26.7 Å². The normalized spacial score (nSPS) is 30.1. The van der Waals surface area contributed by atoms with Gasteiger partial charge in [-0.1, -0.05) is 0 Å². The van der Waals surface area contributed by atoms with Gasteiger partial charge in [0.1, 0.15) is 0 Å². The van der Waals surface area contributed by atoms with Crippen LogP contribution < -0.4 is 5.32 Å². The van der Waals surface area contributed by atoms with Gasteiger partial charge in [0, 0.05) is 32.0 Å². The fraction of sp³-hybridized carbons (Fsp3) is 0.769. The Morgan fingerprint density at radius 3 is 2.65 bits per heavy atom. The van der Waals surface area contributed by atoms with Gasteiger partial charge in [0.2, 0.25) is 11.8 Å². The van der Waals surface area contributed by atoms with E-state index in [9.17, 15) is 19.5 Å². The second-order valence-electron chi connectivity index (χ2n) is 5.72. The Bertz CT molecular complexity index is 428. The molecule has 0 aromatic rings. The van der Waals surface area contributed by atoms with Crippen molar-refractivity contribution in [2.45, 2.75) is 38.3 Å². The first kappa shape index (κ1) is 14.8. The fourth-order valence-electron chi connectivity index (χ4n) is 2.63. The molecule has 7 nitrogen and oxygen atoms in total. The summed E-state index contributed by atoms with van der Waals surface area (Å²) in [6, 6.07) is 0.0450. The van der Waals surface area contributed by atoms with E-state index >= 15 is 0 Å². The van der Waals surface area contributed by atoms with Gasteiger partial charge in [-0.2, -0.15) is 0 Å². The van der Waals surface area contributed by atoms with Crippen molar-refractivity contribution in [2.24, 2.45) is 5.92 Å². The third-order valence-electron chi connectivity index (χ3n) is 3.95. The Kier molecular flexibility index (Phi) is 3.99. The molecule has 2 amide bonds. The number of carbonyl (C=O) groups excluding carboxylic acids is 2. The van der Waals surface area contributed by atoms with Crippen molar-refractivity contribution in [2.75, 3.05) is 19.8 Å². The molecule has 0 radical (unpaired) electrons. The van der Waals surface area contributed by atoms with Crippen LogP contribution in [0.3, 0.4) is 0 Å². The summed E-state index contributed by atoms with van der Waals surface area (Å²) in [5.74, 6) is -2.02. The number of nitrogens with zero attached hydrogens (tertiary/aromatic N) is 1. The number of carboxylic acid groups (broad SMARTS) is 1. The van der Waals surface area contributed by atoms with E-state index in [1.54, 1.807) is 4.90 Å². The lowest BCUT2D eigenvalue weighted by atomic mass is 9.97. The van der Waals surface area contributed by atoms with Gasteiger partial charge < -0.3 is 20.1 Å². The molecule has 0 saturated carbocycles. The molecule has 0 bridgehead atoms. The summed E-state index contributed by atoms with van der Waals surface area (Å²) in [6.45, 7) is 4.42. The second kappa shape index (κ2) is 5.40. The van der Waals surface area contributed by atoms with Gasteiger partial charge in [-0.15, -0.1) is 0 Å². The number of rotatable bonds is 4. The minimum absolute atomic E-state index is 0.0252. The van der Waals surface area contributed by atoms with Crippen molar-refractivity contribution in [3.63, 3.8) is 0 Å². The SMILES string of the molecule is CC(C)N1CC(C(=O)NC2(C(=O)O)CCOC2)CC1=O. The molecule has 0 aromatic carbocycles. The summed E-state index contributed by atoms with van der Waals surface area (Å²) in [6.07, 6.45) is 0.392. The number of ether oxygens (including phenoxy) is 1. The van der Waals surface area contributed by atoms with Crippen LogP contribution in [0.2, 0.25) is 0 Å². The number of carbonyl (C=O) groups is 3. The van der Waals surface area contributed by atoms with Crippen molar-refractivity contribution in [1.29, 1.82) is 0 Å². The van der Waals surface area contributed by atoms with Crippen LogP contribution in [0.4, 0.5) is 0 Å². The quantitative estimate of drug-likeness (QED) is 0.732. The zero-order chi connectivity index (χ0) is 14.9. The molecule has 2 heterocycles. The Morgan fingerprint density at radius 2 is 2.20 bits per heavy atom. The van der Waals surface area contributed by atoms with Crippen molar-refractivity contribution in [3.8, 4) is 0 Å². The molecule has 2 fully saturated rings. The molecule has 2 N–H and O–H groups in total. The molecule has 112 valence electrons. The summed E-state index contributed by atoms with van der Waals surface area (Å²) >= 11 is 0. The standard InChI is InChI=1S/C13H20N2O5/c1-8(2)15-6-9(5-10(15)16)11(17)14-13(12(18)19)3-4-20-7-13/h8-9H,3-7H2,1-2H3,(H,14,17)(H,18,19). The summed E-state index contributed by atoms with van der Waals surface area (Å²) in [7, 11) is 0. The van der Waals surface area contributed by atoms with Gasteiger partial charge >= 0.3 is 5.97 Å². The van der Waals surface area contributed by atoms with Crippen LogP contribution in [0.15, 0.2) is 0 Å². The summed E-state index contributed by atoms with van der Waals surface area (Å²) in [4.78, 5) is 37.0. The van der Waals surface area contributed by atoms with Crippen LogP contribution in [-0.2, 0) is 19.1 Å². The van der Waals surface area contributed by atoms with Crippen molar-refractivity contribution >= 4 is 17.8 Å². The number of aliphatic carboxylic acids is 1. The first-order chi connectivity index (χ1) is 9.35. The van der Waals surface area contributed by atoms with Crippen LogP contribution in [0.25, 0.3) is 0 Å². The van der Waals surface area contributed by atoms with E-state index in [4.69, 9.17) is 4.74 Å². The average molecular weight is 284 g/mol. The summed E-state index contributed by atoms with van der Waals surface area (Å²) in [5, 5.41) is 11.8. The number of hydrogen-bond donors (Lipinski definition) is 2. The maximum atomic E-state index is 12.2. The molecular formula is C13H20N2O5. The number of hydrogen-bond acceptors (Lipinski definition) is 4. The zero-order valence-corrected chi connectivity index (χ0v) is 11.7. The minimum atomic E-state index is -1.34. The smallest absolute Gasteiger partial charge is 0.331 e. The van der Waals surface area contributed by atoms with Gasteiger partial charge in [0.25, 0.3) is 0 Å². The van der Waals surface area contributed by atoms with Gasteiger partial charge in [0.05, 0.1) is 12.5 Å². The second-order valence-corrected chi connectivity index (χ2v) is 5.72. The van der Waals surface area contributed by atoms with E-state index in [-0.39, 0.29) is 37.3 Å². The van der Waals surface area contributed by atoms with Gasteiger partial charge in [-0.25, -0.2) is 4.79 Å². The summed E-state index contributed by atoms with van der Waals surface area (Å²) < 4.78 is 5.09. The predicted octanol–water partition coefficient (Wildman–Crippen LogP) is -0.397. The highest BCUT2D eigenvalue weighted by atomic mass is 16.5. The van der Waals surface area contributed by atoms with E-state index in [0.29, 0.717) is 13.2 Å². The lowest BCUT2D eigenvalue weighted by Crippen LogP contribution is -2.56. The molecule has 2 unspecified atom stereocenters. The third kappa shape index (κ3) is 2.63. The van der Waals surface area contributed by atoms with Gasteiger partial charge in [-0.3, -0.25) is 9.59 Å². The van der Waals surface area contributed by atoms with Crippen LogP contribution in [0.5, 0.6) is 0 Å². The number of nitrogens with one attached hydrogen (secondary N) is 1. The Labute approximate surface area is 117 Å². The molecule has 7 heteroatoms. The molecule has 0 aromatic heterocycles. The molecule has 0 spiro atoms. The summed E-state index contributed by atoms with van der Waals surface area (Å²) in [5.41, 5.74) is -1.34. The molecule has 2 saturated heterocycles. The molecule has 2 atom stereocenters. The molecule has 2 aliphatic heterocycles. The first-order valence-corrected chi connectivity index (χ1v) is 6.78. The van der Waals surface area contributed by atoms with E-state index in [1.807, 2.05) is 13.8 Å². The maximum Gasteiger partial charge on any atom is 0.331 e. The third-order valence-corrected chi connectivity index (χ3v) is 3.95. The number of likely N-dealkylation sites (tertiary alicyclic amines) is 1. The number of amides is 2. The number of carboxylic acids is 1. The molecule has 2 aliphatic rings. The molecular weight excluding hydrogens is 264 g/mol. The monoisotopic (exact) mass is 284 g/mol. The zero-order valence-electron chi connectivity index (χ0n) is 11.7. The van der Waals surface area contributed by atoms with Crippen molar-refractivity contribution < 1.29 is 24.2 Å². The average Bonchev–Trinajstić information content (AvgIpc) is 2.96. The van der Waals surface area contributed by atoms with Crippen LogP contribution in [0, 0.1) is 5.92 Å². The lowest BCUT2D eigenvalue weighted by Gasteiger charge is -2.26. The largest absolute Gasteiger partial charge is 0.479 e. The van der Waals surface area contributed by atoms with Gasteiger partial charge in [0.15, 0.2) is 5.54 Å². The molecule has 20 heavy (non-hydrogen) atoms. The van der Waals surface area contributed by atoms with E-state index in [1.165, 1.54) is 0 Å². The minimum Gasteiger partial charge on any atom is -0.479 e. The topological polar surface area (TPSA) is 95.9 Å². The maximum absolute atomic E-state index is 12.2. The predicted molar refractivity (Wildman–Crippen MR) is 68.9 cm³/mol. The van der Waals surface area contributed by atoms with Crippen molar-refractivity contribution in [1.82, 2.24) is 10.2 Å². The highest BCUT2D eigenvalue weighted by molar-refractivity contribution is 5.93. The highest BCUT2D eigenvalue weighted by Gasteiger charge is 2.46. The molecule has 2 rings (SSSR count). The fourth-order valence-corrected chi connectivity index (χ4v) is 2.63. The van der Waals surface area contributed by atoms with Crippen LogP contribution in [-0.4, -0.2) is 59.1 Å². The van der Waals surface area contributed by atoms with Crippen LogP contribution >= 0.6 is 0 Å². The van der Waals surface area contributed by atoms with Gasteiger partial charge in [-0.05, 0) is 13.8 Å². The Hall–Kier alpha value is -1.63. The Balaban J connectivity index is 2.02. The highest BCUT2D eigenvalue weighted by Crippen LogP contribution is 2.24. The van der Waals surface area contributed by atoms with E-state index < -0.39 is 17.4 Å². The Morgan fingerprint density at radius 1 is 1.50 bits per heavy atom. The van der Waals surface area contributed by atoms with E-state index in [2.05, 4.69) is 5.32 Å². The first-order valence-electron chi connectivity index (χ1n) is 6.78. The molecule has 0 aliphatic carbocycles. The van der Waals surface area contributed by atoms with Crippen molar-refractivity contribution in [3.05, 3.63) is 0 Å². The lowest BCUT2D eigenvalue weighted by molar-refractivity contribution is -0.148.